The molecule has 3 aromatic heterocycles. The number of hydrogen-bond acceptors (Lipinski definition) is 1. The Morgan fingerprint density at radius 3 is 1.68 bits per heavy atom. The highest BCUT2D eigenvalue weighted by molar-refractivity contribution is 6.26. The van der Waals surface area contributed by atoms with E-state index in [0.29, 0.717) is 0 Å². The van der Waals surface area contributed by atoms with Gasteiger partial charge in [0.15, 0.2) is 0 Å². The zero-order chi connectivity index (χ0) is 25.4. The van der Waals surface area contributed by atoms with E-state index < -0.39 is 0 Å². The quantitative estimate of drug-likeness (QED) is 0.238. The van der Waals surface area contributed by atoms with Crippen molar-refractivity contribution in [2.75, 3.05) is 0 Å². The van der Waals surface area contributed by atoms with Crippen molar-refractivity contribution < 1.29 is 0 Å². The Labute approximate surface area is 220 Å². The van der Waals surface area contributed by atoms with Crippen molar-refractivity contribution in [3.8, 4) is 11.4 Å². The molecule has 180 valence electrons. The fraction of sp³-hybridized carbons (Fsp3) is 0.0571. The Balaban J connectivity index is 1.69. The lowest BCUT2D eigenvalue weighted by Gasteiger charge is -2.15. The molecule has 0 unspecified atom stereocenters. The van der Waals surface area contributed by atoms with Crippen LogP contribution in [0.4, 0.5) is 0 Å². The van der Waals surface area contributed by atoms with Gasteiger partial charge in [-0.3, -0.25) is 4.98 Å². The third-order valence-electron chi connectivity index (χ3n) is 7.91. The molecule has 0 N–H and O–H groups in total. The molecular formula is C35H25N3. The average molecular weight is 488 g/mol. The SMILES string of the molecule is Cc1nc2c3ccccc3n(-c3ccccc3)c2c2c(C)cc3c4ccccc4n(-c4ccccc4)c3c12. The number of hydrogen-bond donors (Lipinski definition) is 0. The van der Waals surface area contributed by atoms with Crippen LogP contribution in [0.2, 0.25) is 0 Å². The molecule has 38 heavy (non-hydrogen) atoms. The molecule has 3 nitrogen and oxygen atoms in total. The van der Waals surface area contributed by atoms with Gasteiger partial charge >= 0.3 is 0 Å². The number of aromatic nitrogens is 3. The fourth-order valence-corrected chi connectivity index (χ4v) is 6.40. The lowest BCUT2D eigenvalue weighted by atomic mass is 9.98. The lowest BCUT2D eigenvalue weighted by Crippen LogP contribution is -1.99. The molecule has 0 radical (unpaired) electrons. The van der Waals surface area contributed by atoms with Gasteiger partial charge in [-0.1, -0.05) is 72.8 Å². The van der Waals surface area contributed by atoms with E-state index in [1.807, 2.05) is 0 Å². The van der Waals surface area contributed by atoms with E-state index in [1.54, 1.807) is 0 Å². The van der Waals surface area contributed by atoms with Crippen molar-refractivity contribution in [1.82, 2.24) is 14.1 Å². The number of para-hydroxylation sites is 4. The summed E-state index contributed by atoms with van der Waals surface area (Å²) in [6.07, 6.45) is 0. The Morgan fingerprint density at radius 1 is 0.500 bits per heavy atom. The molecule has 0 spiro atoms. The highest BCUT2D eigenvalue weighted by Gasteiger charge is 2.23. The molecular weight excluding hydrogens is 462 g/mol. The third kappa shape index (κ3) is 2.76. The first kappa shape index (κ1) is 21.2. The molecule has 0 fully saturated rings. The van der Waals surface area contributed by atoms with E-state index in [-0.39, 0.29) is 0 Å². The molecule has 0 saturated heterocycles. The number of aryl methyl sites for hydroxylation is 2. The number of fused-ring (bicyclic) bond motifs is 9. The van der Waals surface area contributed by atoms with E-state index in [1.165, 1.54) is 54.6 Å². The molecule has 3 heteroatoms. The number of benzene rings is 5. The van der Waals surface area contributed by atoms with Crippen LogP contribution in [0.5, 0.6) is 0 Å². The predicted octanol–water partition coefficient (Wildman–Crippen LogP) is 9.05. The fourth-order valence-electron chi connectivity index (χ4n) is 6.40. The predicted molar refractivity (Wildman–Crippen MR) is 160 cm³/mol. The van der Waals surface area contributed by atoms with E-state index in [4.69, 9.17) is 4.98 Å². The van der Waals surface area contributed by atoms with Gasteiger partial charge < -0.3 is 9.13 Å². The van der Waals surface area contributed by atoms with Gasteiger partial charge in [0.1, 0.15) is 0 Å². The standard InChI is InChI=1S/C35H25N3/c1-22-21-28-26-17-9-11-19-29(26)37(24-13-5-3-6-14-24)34(28)32-23(2)36-33-27-18-10-12-20-30(27)38(35(33)31(22)32)25-15-7-4-8-16-25/h3-21H,1-2H3. The smallest absolute Gasteiger partial charge is 0.0973 e. The molecule has 0 aliphatic heterocycles. The van der Waals surface area contributed by atoms with Crippen LogP contribution in [0.15, 0.2) is 115 Å². The Kier molecular flexibility index (Phi) is 4.36. The average Bonchev–Trinajstić information content (AvgIpc) is 3.46. The molecule has 8 rings (SSSR count). The van der Waals surface area contributed by atoms with Crippen LogP contribution in [-0.2, 0) is 0 Å². The molecule has 0 aliphatic carbocycles. The van der Waals surface area contributed by atoms with Crippen molar-refractivity contribution in [1.29, 1.82) is 0 Å². The highest BCUT2D eigenvalue weighted by Crippen LogP contribution is 2.43. The van der Waals surface area contributed by atoms with E-state index >= 15 is 0 Å². The number of rotatable bonds is 2. The van der Waals surface area contributed by atoms with Crippen LogP contribution in [0.25, 0.3) is 65.9 Å². The Morgan fingerprint density at radius 2 is 1.03 bits per heavy atom. The van der Waals surface area contributed by atoms with Gasteiger partial charge in [0.2, 0.25) is 0 Å². The van der Waals surface area contributed by atoms with E-state index in [0.717, 1.165) is 22.6 Å². The largest absolute Gasteiger partial charge is 0.309 e. The van der Waals surface area contributed by atoms with Gasteiger partial charge in [-0.05, 0) is 61.9 Å². The first-order valence-corrected chi connectivity index (χ1v) is 13.1. The summed E-state index contributed by atoms with van der Waals surface area (Å²) in [5.74, 6) is 0. The van der Waals surface area contributed by atoms with Crippen LogP contribution in [0, 0.1) is 13.8 Å². The van der Waals surface area contributed by atoms with Crippen LogP contribution >= 0.6 is 0 Å². The molecule has 0 bridgehead atoms. The van der Waals surface area contributed by atoms with Crippen LogP contribution in [0.3, 0.4) is 0 Å². The van der Waals surface area contributed by atoms with Gasteiger partial charge in [-0.25, -0.2) is 0 Å². The normalized spacial score (nSPS) is 11.9. The summed E-state index contributed by atoms with van der Waals surface area (Å²) in [5, 5.41) is 6.19. The van der Waals surface area contributed by atoms with Crippen LogP contribution in [0.1, 0.15) is 11.3 Å². The molecule has 0 aliphatic rings. The molecule has 0 atom stereocenters. The highest BCUT2D eigenvalue weighted by atomic mass is 15.0. The van der Waals surface area contributed by atoms with Crippen molar-refractivity contribution >= 4 is 54.5 Å². The molecule has 0 saturated carbocycles. The summed E-state index contributed by atoms with van der Waals surface area (Å²) >= 11 is 0. The summed E-state index contributed by atoms with van der Waals surface area (Å²) in [5.41, 5.74) is 10.5. The second-order valence-corrected chi connectivity index (χ2v) is 10.1. The summed E-state index contributed by atoms with van der Waals surface area (Å²) in [6.45, 7) is 4.42. The van der Waals surface area contributed by atoms with Gasteiger partial charge in [0, 0.05) is 44.0 Å². The van der Waals surface area contributed by atoms with Gasteiger partial charge in [0.05, 0.1) is 27.6 Å². The monoisotopic (exact) mass is 487 g/mol. The van der Waals surface area contributed by atoms with Gasteiger partial charge in [-0.15, -0.1) is 0 Å². The number of pyridine rings is 1. The first-order valence-electron chi connectivity index (χ1n) is 13.1. The Bertz CT molecular complexity index is 2020. The van der Waals surface area contributed by atoms with Crippen LogP contribution < -0.4 is 0 Å². The van der Waals surface area contributed by atoms with E-state index in [2.05, 4.69) is 138 Å². The van der Waals surface area contributed by atoms with Crippen molar-refractivity contribution in [2.45, 2.75) is 13.8 Å². The van der Waals surface area contributed by atoms with Gasteiger partial charge in [0.25, 0.3) is 0 Å². The molecule has 8 aromatic rings. The number of nitrogens with zero attached hydrogens (tertiary/aromatic N) is 3. The van der Waals surface area contributed by atoms with Crippen molar-refractivity contribution in [3.63, 3.8) is 0 Å². The first-order chi connectivity index (χ1) is 18.7. The zero-order valence-corrected chi connectivity index (χ0v) is 21.3. The summed E-state index contributed by atoms with van der Waals surface area (Å²) < 4.78 is 4.82. The molecule has 5 aromatic carbocycles. The Hall–Kier alpha value is -4.89. The lowest BCUT2D eigenvalue weighted by molar-refractivity contribution is 1.17. The zero-order valence-electron chi connectivity index (χ0n) is 21.3. The van der Waals surface area contributed by atoms with Crippen LogP contribution in [-0.4, -0.2) is 14.1 Å². The maximum absolute atomic E-state index is 5.34. The topological polar surface area (TPSA) is 22.8 Å². The van der Waals surface area contributed by atoms with E-state index in [9.17, 15) is 0 Å². The molecule has 3 heterocycles. The minimum Gasteiger partial charge on any atom is -0.309 e. The van der Waals surface area contributed by atoms with Crippen molar-refractivity contribution in [3.05, 3.63) is 127 Å². The third-order valence-corrected chi connectivity index (χ3v) is 7.91. The second-order valence-electron chi connectivity index (χ2n) is 10.1. The summed E-state index contributed by atoms with van der Waals surface area (Å²) in [4.78, 5) is 5.34. The maximum atomic E-state index is 5.34. The minimum atomic E-state index is 1.05. The second kappa shape index (κ2) is 7.80. The maximum Gasteiger partial charge on any atom is 0.0973 e. The van der Waals surface area contributed by atoms with Crippen molar-refractivity contribution in [2.24, 2.45) is 0 Å². The minimum absolute atomic E-state index is 1.05. The molecule has 0 amide bonds. The summed E-state index contributed by atoms with van der Waals surface area (Å²) in [7, 11) is 0. The summed E-state index contributed by atoms with van der Waals surface area (Å²) in [6, 6.07) is 41.1. The van der Waals surface area contributed by atoms with Gasteiger partial charge in [-0.2, -0.15) is 0 Å².